The van der Waals surface area contributed by atoms with E-state index in [2.05, 4.69) is 9.97 Å². The van der Waals surface area contributed by atoms with E-state index in [9.17, 15) is 4.79 Å². The number of nitrogens with zero attached hydrogens (tertiary/aromatic N) is 2. The van der Waals surface area contributed by atoms with Gasteiger partial charge in [-0.2, -0.15) is 0 Å². The minimum absolute atomic E-state index is 0.119. The fraction of sp³-hybridized carbons (Fsp3) is 0.125. The molecule has 3 aromatic carbocycles. The predicted molar refractivity (Wildman–Crippen MR) is 114 cm³/mol. The molecule has 0 saturated heterocycles. The zero-order chi connectivity index (χ0) is 21.1. The number of fused-ring (bicyclic) bond motifs is 1. The van der Waals surface area contributed by atoms with E-state index < -0.39 is 0 Å². The minimum atomic E-state index is -0.119. The number of rotatable bonds is 6. The number of carbonyl (C=O) groups excluding carboxylic acids is 1. The Morgan fingerprint density at radius 2 is 1.57 bits per heavy atom. The van der Waals surface area contributed by atoms with E-state index >= 15 is 0 Å². The lowest BCUT2D eigenvalue weighted by Gasteiger charge is -2.14. The summed E-state index contributed by atoms with van der Waals surface area (Å²) in [6, 6.07) is 18.1. The third kappa shape index (κ3) is 3.67. The van der Waals surface area contributed by atoms with Crippen molar-refractivity contribution in [2.45, 2.75) is 6.92 Å². The average Bonchev–Trinajstić information content (AvgIpc) is 2.79. The molecule has 0 unspecified atom stereocenters. The first-order chi connectivity index (χ1) is 14.6. The largest absolute Gasteiger partial charge is 0.493 e. The lowest BCUT2D eigenvalue weighted by atomic mass is 10.0. The van der Waals surface area contributed by atoms with Crippen LogP contribution < -0.4 is 14.2 Å². The number of ether oxygens (including phenoxy) is 3. The van der Waals surface area contributed by atoms with Gasteiger partial charge in [-0.25, -0.2) is 9.97 Å². The number of aromatic nitrogens is 2. The van der Waals surface area contributed by atoms with Crippen LogP contribution in [0.25, 0.3) is 10.9 Å². The molecule has 0 radical (unpaired) electrons. The predicted octanol–water partition coefficient (Wildman–Crippen LogP) is 4.98. The summed E-state index contributed by atoms with van der Waals surface area (Å²) in [6.45, 7) is 1.93. The third-order valence-corrected chi connectivity index (χ3v) is 4.73. The molecule has 150 valence electrons. The molecule has 6 nitrogen and oxygen atoms in total. The molecule has 0 spiro atoms. The fourth-order valence-corrected chi connectivity index (χ4v) is 3.20. The van der Waals surface area contributed by atoms with E-state index in [1.54, 1.807) is 44.6 Å². The Morgan fingerprint density at radius 1 is 0.833 bits per heavy atom. The van der Waals surface area contributed by atoms with Gasteiger partial charge in [-0.05, 0) is 25.1 Å². The number of methoxy groups -OCH3 is 2. The minimum Gasteiger partial charge on any atom is -0.493 e. The summed E-state index contributed by atoms with van der Waals surface area (Å²) >= 11 is 0. The number of hydrogen-bond acceptors (Lipinski definition) is 6. The Labute approximate surface area is 174 Å². The molecule has 0 saturated carbocycles. The number of hydrogen-bond donors (Lipinski definition) is 0. The standard InChI is InChI=1S/C24H20N2O4/c1-15-9-10-20(18(11-15)23(27)16-7-5-4-6-8-16)30-24-17-12-21(28-2)22(29-3)13-19(17)25-14-26-24/h4-14H,1-3H3. The summed E-state index contributed by atoms with van der Waals surface area (Å²) < 4.78 is 16.9. The summed E-state index contributed by atoms with van der Waals surface area (Å²) in [5.74, 6) is 1.72. The summed E-state index contributed by atoms with van der Waals surface area (Å²) in [7, 11) is 3.13. The summed E-state index contributed by atoms with van der Waals surface area (Å²) in [6.07, 6.45) is 1.41. The number of ketones is 1. The van der Waals surface area contributed by atoms with Gasteiger partial charge in [-0.15, -0.1) is 0 Å². The second-order valence-electron chi connectivity index (χ2n) is 6.70. The van der Waals surface area contributed by atoms with Crippen LogP contribution in [0.4, 0.5) is 0 Å². The maximum absolute atomic E-state index is 13.1. The van der Waals surface area contributed by atoms with Crippen molar-refractivity contribution in [1.29, 1.82) is 0 Å². The summed E-state index contributed by atoms with van der Waals surface area (Å²) in [4.78, 5) is 21.7. The molecule has 4 rings (SSSR count). The molecule has 30 heavy (non-hydrogen) atoms. The molecular formula is C24H20N2O4. The van der Waals surface area contributed by atoms with Gasteiger partial charge in [0.15, 0.2) is 17.3 Å². The van der Waals surface area contributed by atoms with Crippen molar-refractivity contribution in [3.8, 4) is 23.1 Å². The molecule has 1 aromatic heterocycles. The maximum atomic E-state index is 13.1. The first kappa shape index (κ1) is 19.4. The summed E-state index contributed by atoms with van der Waals surface area (Å²) in [5.41, 5.74) is 2.65. The Hall–Kier alpha value is -3.93. The number of benzene rings is 3. The van der Waals surface area contributed by atoms with E-state index in [4.69, 9.17) is 14.2 Å². The lowest BCUT2D eigenvalue weighted by molar-refractivity contribution is 0.103. The van der Waals surface area contributed by atoms with Crippen LogP contribution in [0.1, 0.15) is 21.5 Å². The molecular weight excluding hydrogens is 380 g/mol. The van der Waals surface area contributed by atoms with Gasteiger partial charge >= 0.3 is 0 Å². The first-order valence-electron chi connectivity index (χ1n) is 9.35. The second kappa shape index (κ2) is 8.21. The summed E-state index contributed by atoms with van der Waals surface area (Å²) in [5, 5.41) is 0.647. The van der Waals surface area contributed by atoms with Crippen molar-refractivity contribution in [2.24, 2.45) is 0 Å². The molecule has 4 aromatic rings. The molecule has 0 aliphatic carbocycles. The molecule has 0 amide bonds. The van der Waals surface area contributed by atoms with Gasteiger partial charge in [0.2, 0.25) is 5.88 Å². The molecule has 0 bridgehead atoms. The number of aryl methyl sites for hydroxylation is 1. The van der Waals surface area contributed by atoms with Crippen LogP contribution in [-0.2, 0) is 0 Å². The van der Waals surface area contributed by atoms with Gasteiger partial charge in [0, 0.05) is 11.6 Å². The van der Waals surface area contributed by atoms with Crippen LogP contribution in [0, 0.1) is 6.92 Å². The SMILES string of the molecule is COc1cc2ncnc(Oc3ccc(C)cc3C(=O)c3ccccc3)c2cc1OC. The molecule has 0 aliphatic rings. The van der Waals surface area contributed by atoms with E-state index in [-0.39, 0.29) is 5.78 Å². The topological polar surface area (TPSA) is 70.5 Å². The van der Waals surface area contributed by atoms with Crippen molar-refractivity contribution in [3.63, 3.8) is 0 Å². The Balaban J connectivity index is 1.80. The van der Waals surface area contributed by atoms with E-state index in [1.165, 1.54) is 6.33 Å². The van der Waals surface area contributed by atoms with Crippen molar-refractivity contribution in [3.05, 3.63) is 83.7 Å². The Kier molecular flexibility index (Phi) is 5.30. The van der Waals surface area contributed by atoms with Gasteiger partial charge in [-0.1, -0.05) is 42.0 Å². The maximum Gasteiger partial charge on any atom is 0.230 e. The second-order valence-corrected chi connectivity index (χ2v) is 6.70. The quantitative estimate of drug-likeness (QED) is 0.425. The van der Waals surface area contributed by atoms with Crippen molar-refractivity contribution in [1.82, 2.24) is 9.97 Å². The van der Waals surface area contributed by atoms with E-state index in [0.29, 0.717) is 45.2 Å². The van der Waals surface area contributed by atoms with Crippen molar-refractivity contribution >= 4 is 16.7 Å². The van der Waals surface area contributed by atoms with Gasteiger partial charge in [0.25, 0.3) is 0 Å². The highest BCUT2D eigenvalue weighted by Crippen LogP contribution is 2.36. The first-order valence-corrected chi connectivity index (χ1v) is 9.35. The van der Waals surface area contributed by atoms with Crippen LogP contribution in [-0.4, -0.2) is 30.0 Å². The van der Waals surface area contributed by atoms with E-state index in [0.717, 1.165) is 5.56 Å². The molecule has 0 fully saturated rings. The Bertz CT molecular complexity index is 1220. The third-order valence-electron chi connectivity index (χ3n) is 4.73. The molecule has 0 atom stereocenters. The van der Waals surface area contributed by atoms with Crippen molar-refractivity contribution < 1.29 is 19.0 Å². The van der Waals surface area contributed by atoms with Gasteiger partial charge < -0.3 is 14.2 Å². The van der Waals surface area contributed by atoms with E-state index in [1.807, 2.05) is 37.3 Å². The Morgan fingerprint density at radius 3 is 2.30 bits per heavy atom. The van der Waals surface area contributed by atoms with Crippen LogP contribution in [0.15, 0.2) is 67.0 Å². The van der Waals surface area contributed by atoms with Gasteiger partial charge in [-0.3, -0.25) is 4.79 Å². The fourth-order valence-electron chi connectivity index (χ4n) is 3.20. The van der Waals surface area contributed by atoms with Crippen LogP contribution in [0.3, 0.4) is 0 Å². The lowest BCUT2D eigenvalue weighted by Crippen LogP contribution is -2.05. The molecule has 0 aliphatic heterocycles. The average molecular weight is 400 g/mol. The molecule has 0 N–H and O–H groups in total. The van der Waals surface area contributed by atoms with Crippen LogP contribution in [0.5, 0.6) is 23.1 Å². The monoisotopic (exact) mass is 400 g/mol. The zero-order valence-corrected chi connectivity index (χ0v) is 16.9. The smallest absolute Gasteiger partial charge is 0.230 e. The molecule has 1 heterocycles. The highest BCUT2D eigenvalue weighted by molar-refractivity contribution is 6.10. The highest BCUT2D eigenvalue weighted by Gasteiger charge is 2.18. The zero-order valence-electron chi connectivity index (χ0n) is 16.9. The normalized spacial score (nSPS) is 10.6. The highest BCUT2D eigenvalue weighted by atomic mass is 16.5. The van der Waals surface area contributed by atoms with Gasteiger partial charge in [0.05, 0.1) is 30.7 Å². The van der Waals surface area contributed by atoms with Crippen molar-refractivity contribution in [2.75, 3.05) is 14.2 Å². The number of carbonyl (C=O) groups is 1. The molecule has 6 heteroatoms. The van der Waals surface area contributed by atoms with Crippen LogP contribution in [0.2, 0.25) is 0 Å². The van der Waals surface area contributed by atoms with Crippen LogP contribution >= 0.6 is 0 Å². The van der Waals surface area contributed by atoms with Gasteiger partial charge in [0.1, 0.15) is 12.1 Å².